The van der Waals surface area contributed by atoms with Gasteiger partial charge in [0.05, 0.1) is 0 Å². The zero-order valence-corrected chi connectivity index (χ0v) is 11.7. The Morgan fingerprint density at radius 3 is 1.28 bits per heavy atom. The summed E-state index contributed by atoms with van der Waals surface area (Å²) in [7, 11) is 0. The van der Waals surface area contributed by atoms with Crippen molar-refractivity contribution in [2.45, 2.75) is 64.2 Å². The average Bonchev–Trinajstić information content (AvgIpc) is 2.32. The molecule has 6 atom stereocenters. The number of allylic oxidation sites excluding steroid dienone is 1. The molecule has 0 bridgehead atoms. The quantitative estimate of drug-likeness (QED) is 0.586. The molecule has 18 heavy (non-hydrogen) atoms. The fourth-order valence-corrected chi connectivity index (χ4v) is 5.46. The maximum atomic E-state index is 4.57. The van der Waals surface area contributed by atoms with Gasteiger partial charge in [0, 0.05) is 0 Å². The first-order valence-corrected chi connectivity index (χ1v) is 8.50. The van der Waals surface area contributed by atoms with Crippen molar-refractivity contribution in [3.63, 3.8) is 0 Å². The molecule has 0 aromatic rings. The molecule has 4 fully saturated rings. The molecule has 4 rings (SSSR count). The Balaban J connectivity index is 1.37. The number of fused-ring (bicyclic) bond motifs is 2. The summed E-state index contributed by atoms with van der Waals surface area (Å²) in [6, 6.07) is 0. The fourth-order valence-electron chi connectivity index (χ4n) is 5.46. The summed E-state index contributed by atoms with van der Waals surface area (Å²) in [6.45, 7) is 4.57. The van der Waals surface area contributed by atoms with Crippen LogP contribution in [0.15, 0.2) is 12.2 Å². The molecule has 0 aromatic heterocycles. The van der Waals surface area contributed by atoms with Crippen LogP contribution in [0, 0.1) is 35.5 Å². The minimum absolute atomic E-state index is 0.910. The summed E-state index contributed by atoms with van der Waals surface area (Å²) < 4.78 is 0. The predicted molar refractivity (Wildman–Crippen MR) is 76.3 cm³/mol. The molecule has 0 amide bonds. The maximum Gasteiger partial charge on any atom is -0.0200 e. The van der Waals surface area contributed by atoms with E-state index in [0.29, 0.717) is 0 Å². The van der Waals surface area contributed by atoms with Crippen molar-refractivity contribution in [2.75, 3.05) is 0 Å². The van der Waals surface area contributed by atoms with Crippen LogP contribution < -0.4 is 0 Å². The van der Waals surface area contributed by atoms with Crippen LogP contribution in [0.1, 0.15) is 64.2 Å². The van der Waals surface area contributed by atoms with Crippen molar-refractivity contribution in [2.24, 2.45) is 35.5 Å². The Morgan fingerprint density at radius 1 is 0.556 bits per heavy atom. The molecule has 0 aromatic carbocycles. The molecule has 4 aliphatic rings. The van der Waals surface area contributed by atoms with E-state index in [1.54, 1.807) is 5.57 Å². The van der Waals surface area contributed by atoms with E-state index in [9.17, 15) is 0 Å². The number of hydrogen-bond acceptors (Lipinski definition) is 0. The topological polar surface area (TPSA) is 0 Å². The molecule has 0 saturated heterocycles. The van der Waals surface area contributed by atoms with Crippen molar-refractivity contribution in [3.05, 3.63) is 12.2 Å². The van der Waals surface area contributed by atoms with Crippen molar-refractivity contribution in [1.82, 2.24) is 0 Å². The zero-order chi connectivity index (χ0) is 12.1. The highest BCUT2D eigenvalue weighted by molar-refractivity contribution is 5.11. The van der Waals surface area contributed by atoms with Gasteiger partial charge in [-0.25, -0.2) is 0 Å². The summed E-state index contributed by atoms with van der Waals surface area (Å²) in [5, 5.41) is 0. The molecule has 0 aliphatic heterocycles. The van der Waals surface area contributed by atoms with Gasteiger partial charge in [-0.2, -0.15) is 0 Å². The first-order chi connectivity index (χ1) is 8.81. The molecule has 0 heterocycles. The van der Waals surface area contributed by atoms with Crippen LogP contribution in [0.2, 0.25) is 0 Å². The van der Waals surface area contributed by atoms with E-state index >= 15 is 0 Å². The zero-order valence-electron chi connectivity index (χ0n) is 11.7. The third-order valence-corrected chi connectivity index (χ3v) is 7.14. The summed E-state index contributed by atoms with van der Waals surface area (Å²) in [5.41, 5.74) is 1.69. The van der Waals surface area contributed by atoms with Gasteiger partial charge in [-0.3, -0.25) is 0 Å². The van der Waals surface area contributed by atoms with E-state index in [-0.39, 0.29) is 0 Å². The Morgan fingerprint density at radius 2 is 0.944 bits per heavy atom. The van der Waals surface area contributed by atoms with Gasteiger partial charge in [0.2, 0.25) is 0 Å². The molecule has 0 heteroatoms. The van der Waals surface area contributed by atoms with E-state index in [0.717, 1.165) is 35.5 Å². The van der Waals surface area contributed by atoms with E-state index in [4.69, 9.17) is 0 Å². The molecule has 4 aliphatic carbocycles. The normalized spacial score (nSPS) is 50.4. The monoisotopic (exact) mass is 244 g/mol. The molecule has 4 saturated carbocycles. The Kier molecular flexibility index (Phi) is 2.82. The molecular weight excluding hydrogens is 216 g/mol. The van der Waals surface area contributed by atoms with Crippen LogP contribution in [-0.4, -0.2) is 0 Å². The minimum atomic E-state index is 0.910. The standard InChI is InChI=1S/C18H28/c1-12(15-6-2-13-4-8-17(13)10-15)16-7-3-14-5-9-18(14)11-16/h13-18H,1-11H2. The lowest BCUT2D eigenvalue weighted by Gasteiger charge is -2.48. The maximum absolute atomic E-state index is 4.57. The first-order valence-electron chi connectivity index (χ1n) is 8.50. The van der Waals surface area contributed by atoms with Gasteiger partial charge >= 0.3 is 0 Å². The smallest absolute Gasteiger partial charge is 0.0200 e. The Hall–Kier alpha value is -0.260. The molecule has 100 valence electrons. The Bertz CT molecular complexity index is 310. The SMILES string of the molecule is C=C(C1CCC2CCC2C1)C1CCC2CCC2C1. The van der Waals surface area contributed by atoms with Crippen molar-refractivity contribution in [1.29, 1.82) is 0 Å². The van der Waals surface area contributed by atoms with Crippen LogP contribution in [0.25, 0.3) is 0 Å². The van der Waals surface area contributed by atoms with Crippen molar-refractivity contribution in [3.8, 4) is 0 Å². The average molecular weight is 244 g/mol. The van der Waals surface area contributed by atoms with Gasteiger partial charge in [-0.1, -0.05) is 12.2 Å². The van der Waals surface area contributed by atoms with E-state index < -0.39 is 0 Å². The summed E-state index contributed by atoms with van der Waals surface area (Å²) >= 11 is 0. The number of rotatable bonds is 2. The molecule has 0 radical (unpaired) electrons. The summed E-state index contributed by atoms with van der Waals surface area (Å²) in [5.74, 6) is 6.26. The molecule has 0 N–H and O–H groups in total. The Labute approximate surface area is 112 Å². The van der Waals surface area contributed by atoms with Crippen LogP contribution in [0.5, 0.6) is 0 Å². The van der Waals surface area contributed by atoms with E-state index in [1.165, 1.54) is 64.2 Å². The lowest BCUT2D eigenvalue weighted by Crippen LogP contribution is -2.37. The lowest BCUT2D eigenvalue weighted by molar-refractivity contribution is 0.0674. The van der Waals surface area contributed by atoms with Crippen LogP contribution in [-0.2, 0) is 0 Å². The van der Waals surface area contributed by atoms with E-state index in [2.05, 4.69) is 6.58 Å². The minimum Gasteiger partial charge on any atom is -0.0993 e. The van der Waals surface area contributed by atoms with Crippen molar-refractivity contribution < 1.29 is 0 Å². The molecule has 6 unspecified atom stereocenters. The van der Waals surface area contributed by atoms with Gasteiger partial charge in [-0.15, -0.1) is 0 Å². The second kappa shape index (κ2) is 4.39. The van der Waals surface area contributed by atoms with Gasteiger partial charge in [0.25, 0.3) is 0 Å². The highest BCUT2D eigenvalue weighted by atomic mass is 14.5. The summed E-state index contributed by atoms with van der Waals surface area (Å²) in [4.78, 5) is 0. The van der Waals surface area contributed by atoms with Gasteiger partial charge in [0.1, 0.15) is 0 Å². The van der Waals surface area contributed by atoms with Crippen molar-refractivity contribution >= 4 is 0 Å². The highest BCUT2D eigenvalue weighted by Crippen LogP contribution is 2.53. The molecule has 0 spiro atoms. The second-order valence-electron chi connectivity index (χ2n) is 7.79. The fraction of sp³-hybridized carbons (Fsp3) is 0.889. The van der Waals surface area contributed by atoms with Crippen LogP contribution in [0.4, 0.5) is 0 Å². The van der Waals surface area contributed by atoms with Crippen LogP contribution in [0.3, 0.4) is 0 Å². The number of hydrogen-bond donors (Lipinski definition) is 0. The highest BCUT2D eigenvalue weighted by Gasteiger charge is 2.41. The molecular formula is C18H28. The molecule has 0 nitrogen and oxygen atoms in total. The predicted octanol–water partition coefficient (Wildman–Crippen LogP) is 5.20. The first kappa shape index (κ1) is 11.6. The third kappa shape index (κ3) is 1.79. The summed E-state index contributed by atoms with van der Waals surface area (Å²) in [6.07, 6.45) is 15.2. The largest absolute Gasteiger partial charge is 0.0993 e. The van der Waals surface area contributed by atoms with E-state index in [1.807, 2.05) is 0 Å². The third-order valence-electron chi connectivity index (χ3n) is 7.14. The second-order valence-corrected chi connectivity index (χ2v) is 7.79. The lowest BCUT2D eigenvalue weighted by atomic mass is 9.57. The van der Waals surface area contributed by atoms with Gasteiger partial charge < -0.3 is 0 Å². The van der Waals surface area contributed by atoms with Crippen LogP contribution >= 0.6 is 0 Å². The van der Waals surface area contributed by atoms with Gasteiger partial charge in [0.15, 0.2) is 0 Å². The van der Waals surface area contributed by atoms with Gasteiger partial charge in [-0.05, 0) is 99.7 Å².